The summed E-state index contributed by atoms with van der Waals surface area (Å²) in [5.74, 6) is 0.745. The lowest BCUT2D eigenvalue weighted by molar-refractivity contribution is -0.117. The molecule has 2 heterocycles. The second-order valence-corrected chi connectivity index (χ2v) is 7.32. The number of benzene rings is 2. The van der Waals surface area contributed by atoms with Gasteiger partial charge in [0.05, 0.1) is 10.6 Å². The van der Waals surface area contributed by atoms with Crippen LogP contribution >= 0.6 is 11.8 Å². The molecule has 3 aromatic rings. The van der Waals surface area contributed by atoms with E-state index in [9.17, 15) is 9.59 Å². The van der Waals surface area contributed by atoms with Crippen LogP contribution in [-0.4, -0.2) is 26.6 Å². The van der Waals surface area contributed by atoms with Crippen molar-refractivity contribution in [3.63, 3.8) is 0 Å². The van der Waals surface area contributed by atoms with Crippen LogP contribution in [0, 0.1) is 0 Å². The molecule has 0 aliphatic carbocycles. The van der Waals surface area contributed by atoms with Gasteiger partial charge in [0.1, 0.15) is 12.4 Å². The Hall–Kier alpha value is -3.39. The number of thioether (sulfide) groups is 1. The van der Waals surface area contributed by atoms with E-state index in [0.29, 0.717) is 27.3 Å². The topological polar surface area (TPSA) is 77.3 Å². The number of nitrogens with zero attached hydrogens (tertiary/aromatic N) is 4. The van der Waals surface area contributed by atoms with Gasteiger partial charge in [-0.2, -0.15) is 0 Å². The Morgan fingerprint density at radius 3 is 2.24 bits per heavy atom. The van der Waals surface area contributed by atoms with Crippen molar-refractivity contribution in [1.29, 1.82) is 0 Å². The maximum Gasteiger partial charge on any atom is 0.243 e. The van der Waals surface area contributed by atoms with Crippen LogP contribution in [-0.2, 0) is 16.2 Å². The fraction of sp³-hybridized carbons (Fsp3) is 0.143. The van der Waals surface area contributed by atoms with Crippen molar-refractivity contribution in [2.24, 2.45) is 0 Å². The van der Waals surface area contributed by atoms with Crippen molar-refractivity contribution in [1.82, 2.24) is 14.9 Å². The molecule has 1 amide bonds. The molecule has 0 spiro atoms. The summed E-state index contributed by atoms with van der Waals surface area (Å²) in [5.41, 5.74) is 1.28. The molecule has 0 atom stereocenters. The number of amides is 1. The van der Waals surface area contributed by atoms with Gasteiger partial charge < -0.3 is 4.74 Å². The van der Waals surface area contributed by atoms with Crippen LogP contribution in [0.3, 0.4) is 0 Å². The lowest BCUT2D eigenvalue weighted by atomic mass is 10.1. The van der Waals surface area contributed by atoms with Gasteiger partial charge in [0, 0.05) is 12.5 Å². The summed E-state index contributed by atoms with van der Waals surface area (Å²) >= 11 is 1.20. The molecule has 146 valence electrons. The standard InChI is InChI=1S/C21H18N4O3S/c1-14(26)20-19(16-9-5-3-6-10-16)24(15(2)27)25-18(22-23-21(25)29-20)13-28-17-11-7-4-8-12-17/h3-12H,13H2,1-2H3. The smallest absolute Gasteiger partial charge is 0.243 e. The van der Waals surface area contributed by atoms with Crippen molar-refractivity contribution < 1.29 is 14.3 Å². The SMILES string of the molecule is CC(=O)C1=C(c2ccccc2)N(C(C)=O)n2c(COc3ccccc3)nnc2S1. The van der Waals surface area contributed by atoms with E-state index >= 15 is 0 Å². The zero-order valence-electron chi connectivity index (χ0n) is 15.9. The maximum atomic E-state index is 12.7. The molecule has 0 saturated heterocycles. The van der Waals surface area contributed by atoms with Crippen LogP contribution in [0.15, 0.2) is 70.7 Å². The zero-order chi connectivity index (χ0) is 20.4. The van der Waals surface area contributed by atoms with Crippen molar-refractivity contribution in [2.75, 3.05) is 5.01 Å². The summed E-state index contributed by atoms with van der Waals surface area (Å²) in [6.07, 6.45) is 0. The highest BCUT2D eigenvalue weighted by Gasteiger charge is 2.34. The quantitative estimate of drug-likeness (QED) is 0.646. The van der Waals surface area contributed by atoms with Gasteiger partial charge in [-0.3, -0.25) is 9.59 Å². The van der Waals surface area contributed by atoms with E-state index in [0.717, 1.165) is 5.56 Å². The Kier molecular flexibility index (Phi) is 5.18. The Balaban J connectivity index is 1.78. The minimum atomic E-state index is -0.259. The first-order valence-corrected chi connectivity index (χ1v) is 9.79. The van der Waals surface area contributed by atoms with E-state index in [1.165, 1.54) is 30.6 Å². The number of fused-ring (bicyclic) bond motifs is 1. The molecule has 0 bridgehead atoms. The van der Waals surface area contributed by atoms with E-state index < -0.39 is 0 Å². The third kappa shape index (κ3) is 3.66. The van der Waals surface area contributed by atoms with Gasteiger partial charge >= 0.3 is 0 Å². The average Bonchev–Trinajstić information content (AvgIpc) is 3.14. The predicted molar refractivity (Wildman–Crippen MR) is 110 cm³/mol. The molecule has 1 aromatic heterocycles. The highest BCUT2D eigenvalue weighted by atomic mass is 32.2. The highest BCUT2D eigenvalue weighted by Crippen LogP contribution is 2.39. The first kappa shape index (κ1) is 18.9. The number of Topliss-reactive ketones (excluding diaryl/α,β-unsaturated/α-hetero) is 1. The Morgan fingerprint density at radius 2 is 1.62 bits per heavy atom. The summed E-state index contributed by atoms with van der Waals surface area (Å²) in [5, 5.41) is 10.3. The molecule has 0 saturated carbocycles. The van der Waals surface area contributed by atoms with Crippen LogP contribution in [0.5, 0.6) is 5.75 Å². The van der Waals surface area contributed by atoms with Crippen molar-refractivity contribution in [2.45, 2.75) is 25.6 Å². The third-order valence-corrected chi connectivity index (χ3v) is 5.40. The Bertz CT molecular complexity index is 1090. The summed E-state index contributed by atoms with van der Waals surface area (Å²) in [4.78, 5) is 25.5. The molecule has 8 heteroatoms. The highest BCUT2D eigenvalue weighted by molar-refractivity contribution is 8.04. The number of carbonyl (C=O) groups is 2. The number of para-hydroxylation sites is 1. The number of ether oxygens (including phenoxy) is 1. The number of carbonyl (C=O) groups excluding carboxylic acids is 2. The molecule has 4 rings (SSSR count). The second kappa shape index (κ2) is 7.92. The summed E-state index contributed by atoms with van der Waals surface area (Å²) in [6, 6.07) is 18.7. The summed E-state index contributed by atoms with van der Waals surface area (Å²) in [6.45, 7) is 3.05. The Labute approximate surface area is 172 Å². The van der Waals surface area contributed by atoms with Crippen molar-refractivity contribution in [3.8, 4) is 5.75 Å². The summed E-state index contributed by atoms with van der Waals surface area (Å²) in [7, 11) is 0. The van der Waals surface area contributed by atoms with Gasteiger partial charge in [-0.1, -0.05) is 48.5 Å². The van der Waals surface area contributed by atoms with Gasteiger partial charge in [0.2, 0.25) is 11.1 Å². The van der Waals surface area contributed by atoms with E-state index in [-0.39, 0.29) is 18.3 Å². The number of allylic oxidation sites excluding steroid dienone is 1. The Morgan fingerprint density at radius 1 is 0.966 bits per heavy atom. The predicted octanol–water partition coefficient (Wildman–Crippen LogP) is 3.41. The largest absolute Gasteiger partial charge is 0.486 e. The van der Waals surface area contributed by atoms with Gasteiger partial charge in [-0.15, -0.1) is 10.2 Å². The van der Waals surface area contributed by atoms with Gasteiger partial charge in [0.15, 0.2) is 11.6 Å². The molecular weight excluding hydrogens is 388 g/mol. The molecule has 1 aliphatic rings. The molecule has 0 unspecified atom stereocenters. The van der Waals surface area contributed by atoms with Crippen molar-refractivity contribution in [3.05, 3.63) is 77.0 Å². The van der Waals surface area contributed by atoms with Crippen LogP contribution in [0.25, 0.3) is 5.70 Å². The first-order valence-electron chi connectivity index (χ1n) is 8.98. The van der Waals surface area contributed by atoms with Crippen LogP contribution < -0.4 is 9.75 Å². The minimum absolute atomic E-state index is 0.124. The molecule has 2 aromatic carbocycles. The van der Waals surface area contributed by atoms with Crippen LogP contribution in [0.4, 0.5) is 0 Å². The molecule has 0 N–H and O–H groups in total. The molecule has 0 fully saturated rings. The molecule has 7 nitrogen and oxygen atoms in total. The van der Waals surface area contributed by atoms with E-state index in [2.05, 4.69) is 10.2 Å². The fourth-order valence-electron chi connectivity index (χ4n) is 3.04. The van der Waals surface area contributed by atoms with E-state index in [4.69, 9.17) is 4.74 Å². The molecular formula is C21H18N4O3S. The zero-order valence-corrected chi connectivity index (χ0v) is 16.7. The lowest BCUT2D eigenvalue weighted by Crippen LogP contribution is -2.42. The van der Waals surface area contributed by atoms with Crippen LogP contribution in [0.1, 0.15) is 25.2 Å². The van der Waals surface area contributed by atoms with E-state index in [1.54, 1.807) is 4.68 Å². The minimum Gasteiger partial charge on any atom is -0.486 e. The number of aromatic nitrogens is 3. The number of rotatable bonds is 5. The fourth-order valence-corrected chi connectivity index (χ4v) is 4.02. The van der Waals surface area contributed by atoms with Gasteiger partial charge in [-0.05, 0) is 30.8 Å². The van der Waals surface area contributed by atoms with E-state index in [1.807, 2.05) is 60.7 Å². The van der Waals surface area contributed by atoms with Gasteiger partial charge in [-0.25, -0.2) is 9.69 Å². The third-order valence-electron chi connectivity index (χ3n) is 4.27. The monoisotopic (exact) mass is 406 g/mol. The average molecular weight is 406 g/mol. The lowest BCUT2D eigenvalue weighted by Gasteiger charge is -2.32. The number of hydrogen-bond acceptors (Lipinski definition) is 6. The van der Waals surface area contributed by atoms with Crippen molar-refractivity contribution >= 4 is 29.1 Å². The second-order valence-electron chi connectivity index (χ2n) is 6.35. The summed E-state index contributed by atoms with van der Waals surface area (Å²) < 4.78 is 7.42. The van der Waals surface area contributed by atoms with Gasteiger partial charge in [0.25, 0.3) is 0 Å². The molecule has 0 radical (unpaired) electrons. The maximum absolute atomic E-state index is 12.7. The normalized spacial score (nSPS) is 13.2. The molecule has 29 heavy (non-hydrogen) atoms. The number of hydrogen-bond donors (Lipinski definition) is 0. The molecule has 1 aliphatic heterocycles. The number of ketones is 1. The first-order chi connectivity index (χ1) is 14.1. The van der Waals surface area contributed by atoms with Crippen LogP contribution in [0.2, 0.25) is 0 Å².